The molecule has 0 bridgehead atoms. The molecule has 2 N–H and O–H groups in total. The first-order chi connectivity index (χ1) is 12.1. The molecule has 4 nitrogen and oxygen atoms in total. The third kappa shape index (κ3) is 7.33. The van der Waals surface area contributed by atoms with Gasteiger partial charge in [0.25, 0.3) is 0 Å². The molecule has 0 aliphatic heterocycles. The minimum atomic E-state index is 0. The number of aliphatic imine (C=N–C) groups is 1. The molecule has 2 rings (SSSR count). The molecule has 2 aromatic carbocycles. The first kappa shape index (κ1) is 22.4. The van der Waals surface area contributed by atoms with Gasteiger partial charge < -0.3 is 15.5 Å². The lowest BCUT2D eigenvalue weighted by molar-refractivity contribution is 0.402. The van der Waals surface area contributed by atoms with Gasteiger partial charge in [0.05, 0.1) is 0 Å². The Hall–Kier alpha value is -1.60. The number of nitrogens with zero attached hydrogens (tertiary/aromatic N) is 2. The average molecular weight is 466 g/mol. The van der Waals surface area contributed by atoms with Crippen molar-refractivity contribution < 1.29 is 0 Å². The molecular formula is C21H31IN4. The molecule has 0 aromatic heterocycles. The summed E-state index contributed by atoms with van der Waals surface area (Å²) in [5, 5.41) is 6.78. The van der Waals surface area contributed by atoms with Gasteiger partial charge >= 0.3 is 0 Å². The van der Waals surface area contributed by atoms with E-state index >= 15 is 0 Å². The van der Waals surface area contributed by atoms with Crippen LogP contribution in [0.4, 0.5) is 0 Å². The molecule has 0 saturated heterocycles. The van der Waals surface area contributed by atoms with Crippen LogP contribution in [0.15, 0.2) is 53.5 Å². The number of aryl methyl sites for hydroxylation is 1. The fourth-order valence-corrected chi connectivity index (χ4v) is 2.79. The maximum Gasteiger partial charge on any atom is 0.191 e. The lowest BCUT2D eigenvalue weighted by Gasteiger charge is -2.14. The maximum atomic E-state index is 4.32. The van der Waals surface area contributed by atoms with Crippen LogP contribution in [-0.4, -0.2) is 32.0 Å². The summed E-state index contributed by atoms with van der Waals surface area (Å²) < 4.78 is 0. The molecule has 0 spiro atoms. The molecule has 26 heavy (non-hydrogen) atoms. The predicted octanol–water partition coefficient (Wildman–Crippen LogP) is 3.79. The molecular weight excluding hydrogens is 435 g/mol. The van der Waals surface area contributed by atoms with Crippen molar-refractivity contribution in [1.82, 2.24) is 15.5 Å². The van der Waals surface area contributed by atoms with E-state index in [2.05, 4.69) is 90.1 Å². The Labute approximate surface area is 175 Å². The van der Waals surface area contributed by atoms with E-state index in [1.165, 1.54) is 22.3 Å². The number of hydrogen-bond donors (Lipinski definition) is 2. The number of hydrogen-bond acceptors (Lipinski definition) is 2. The first-order valence-electron chi connectivity index (χ1n) is 8.86. The van der Waals surface area contributed by atoms with Gasteiger partial charge in [-0.05, 0) is 42.8 Å². The van der Waals surface area contributed by atoms with Gasteiger partial charge in [0, 0.05) is 26.7 Å². The summed E-state index contributed by atoms with van der Waals surface area (Å²) in [5.74, 6) is 0.822. The molecule has 0 saturated carbocycles. The van der Waals surface area contributed by atoms with Crippen LogP contribution in [0.3, 0.4) is 0 Å². The highest BCUT2D eigenvalue weighted by atomic mass is 127. The molecule has 142 valence electrons. The van der Waals surface area contributed by atoms with Gasteiger partial charge in [-0.25, -0.2) is 0 Å². The van der Waals surface area contributed by atoms with Crippen molar-refractivity contribution in [2.75, 3.05) is 21.1 Å². The highest BCUT2D eigenvalue weighted by molar-refractivity contribution is 14.0. The van der Waals surface area contributed by atoms with Crippen molar-refractivity contribution in [3.8, 4) is 0 Å². The Morgan fingerprint density at radius 1 is 0.885 bits per heavy atom. The Balaban J connectivity index is 0.00000338. The molecule has 0 unspecified atom stereocenters. The maximum absolute atomic E-state index is 4.32. The van der Waals surface area contributed by atoms with Crippen LogP contribution >= 0.6 is 24.0 Å². The molecule has 0 aliphatic rings. The molecule has 0 aliphatic carbocycles. The van der Waals surface area contributed by atoms with E-state index in [0.29, 0.717) is 0 Å². The molecule has 0 amide bonds. The summed E-state index contributed by atoms with van der Waals surface area (Å²) in [6.45, 7) is 4.70. The van der Waals surface area contributed by atoms with Crippen molar-refractivity contribution in [2.24, 2.45) is 4.99 Å². The van der Waals surface area contributed by atoms with Gasteiger partial charge in [-0.15, -0.1) is 24.0 Å². The van der Waals surface area contributed by atoms with Gasteiger partial charge in [-0.3, -0.25) is 4.99 Å². The summed E-state index contributed by atoms with van der Waals surface area (Å²) in [5.41, 5.74) is 5.27. The second-order valence-electron chi connectivity index (χ2n) is 6.46. The second-order valence-corrected chi connectivity index (χ2v) is 6.46. The minimum absolute atomic E-state index is 0. The fourth-order valence-electron chi connectivity index (χ4n) is 2.79. The quantitative estimate of drug-likeness (QED) is 0.371. The third-order valence-corrected chi connectivity index (χ3v) is 4.15. The zero-order valence-corrected chi connectivity index (χ0v) is 18.6. The van der Waals surface area contributed by atoms with Crippen LogP contribution < -0.4 is 10.6 Å². The highest BCUT2D eigenvalue weighted by Crippen LogP contribution is 2.09. The Morgan fingerprint density at radius 2 is 1.46 bits per heavy atom. The zero-order valence-electron chi connectivity index (χ0n) is 16.2. The molecule has 2 aromatic rings. The molecule has 5 heteroatoms. The lowest BCUT2D eigenvalue weighted by Crippen LogP contribution is -2.36. The van der Waals surface area contributed by atoms with Crippen molar-refractivity contribution >= 4 is 29.9 Å². The number of benzene rings is 2. The Kier molecular flexibility index (Phi) is 10.3. The van der Waals surface area contributed by atoms with E-state index in [-0.39, 0.29) is 24.0 Å². The Morgan fingerprint density at radius 3 is 2.04 bits per heavy atom. The monoisotopic (exact) mass is 466 g/mol. The van der Waals surface area contributed by atoms with Crippen LogP contribution in [0.25, 0.3) is 0 Å². The summed E-state index contributed by atoms with van der Waals surface area (Å²) in [4.78, 5) is 6.49. The minimum Gasteiger partial charge on any atom is -0.352 e. The van der Waals surface area contributed by atoms with Crippen LogP contribution in [0.2, 0.25) is 0 Å². The predicted molar refractivity (Wildman–Crippen MR) is 122 cm³/mol. The zero-order chi connectivity index (χ0) is 18.1. The van der Waals surface area contributed by atoms with Gasteiger partial charge in [0.1, 0.15) is 0 Å². The van der Waals surface area contributed by atoms with Gasteiger partial charge in [0.15, 0.2) is 5.96 Å². The van der Waals surface area contributed by atoms with Crippen LogP contribution in [0, 0.1) is 0 Å². The van der Waals surface area contributed by atoms with E-state index in [0.717, 1.165) is 32.0 Å². The Bertz CT molecular complexity index is 681. The second kappa shape index (κ2) is 11.9. The van der Waals surface area contributed by atoms with Gasteiger partial charge in [0.2, 0.25) is 0 Å². The first-order valence-corrected chi connectivity index (χ1v) is 8.86. The SMILES string of the molecule is CCc1ccccc1CNC(=NC)NCc1ccc(CN(C)C)cc1.I. The van der Waals surface area contributed by atoms with Gasteiger partial charge in [-0.2, -0.15) is 0 Å². The molecule has 0 radical (unpaired) electrons. The van der Waals surface area contributed by atoms with Crippen LogP contribution in [0.1, 0.15) is 29.2 Å². The normalized spacial score (nSPS) is 11.2. The van der Waals surface area contributed by atoms with E-state index < -0.39 is 0 Å². The summed E-state index contributed by atoms with van der Waals surface area (Å²) in [6, 6.07) is 17.2. The molecule has 0 atom stereocenters. The third-order valence-electron chi connectivity index (χ3n) is 4.15. The smallest absolute Gasteiger partial charge is 0.191 e. The lowest BCUT2D eigenvalue weighted by atomic mass is 10.1. The van der Waals surface area contributed by atoms with Gasteiger partial charge in [-0.1, -0.05) is 55.5 Å². The van der Waals surface area contributed by atoms with Crippen molar-refractivity contribution in [3.63, 3.8) is 0 Å². The fraction of sp³-hybridized carbons (Fsp3) is 0.381. The standard InChI is InChI=1S/C21H30N4.HI/c1-5-19-8-6-7-9-20(19)15-24-21(22-2)23-14-17-10-12-18(13-11-17)16-25(3)4;/h6-13H,5,14-16H2,1-4H3,(H2,22,23,24);1H. The summed E-state index contributed by atoms with van der Waals surface area (Å²) in [7, 11) is 5.98. The summed E-state index contributed by atoms with van der Waals surface area (Å²) in [6.07, 6.45) is 1.04. The van der Waals surface area contributed by atoms with Crippen LogP contribution in [0.5, 0.6) is 0 Å². The number of rotatable bonds is 7. The largest absolute Gasteiger partial charge is 0.352 e. The van der Waals surface area contributed by atoms with E-state index in [1.54, 1.807) is 7.05 Å². The van der Waals surface area contributed by atoms with E-state index in [1.807, 2.05) is 0 Å². The topological polar surface area (TPSA) is 39.7 Å². The summed E-state index contributed by atoms with van der Waals surface area (Å²) >= 11 is 0. The number of nitrogens with one attached hydrogen (secondary N) is 2. The molecule has 0 heterocycles. The highest BCUT2D eigenvalue weighted by Gasteiger charge is 2.03. The van der Waals surface area contributed by atoms with Crippen molar-refractivity contribution in [2.45, 2.75) is 33.0 Å². The average Bonchev–Trinajstić information content (AvgIpc) is 2.63. The molecule has 0 fully saturated rings. The van der Waals surface area contributed by atoms with E-state index in [9.17, 15) is 0 Å². The number of guanidine groups is 1. The van der Waals surface area contributed by atoms with E-state index in [4.69, 9.17) is 0 Å². The van der Waals surface area contributed by atoms with Crippen LogP contribution in [-0.2, 0) is 26.1 Å². The van der Waals surface area contributed by atoms with Crippen molar-refractivity contribution in [3.05, 3.63) is 70.8 Å². The number of halogens is 1. The van der Waals surface area contributed by atoms with Crippen molar-refractivity contribution in [1.29, 1.82) is 0 Å².